The number of benzene rings is 9. The lowest BCUT2D eigenvalue weighted by atomic mass is 9.82. The highest BCUT2D eigenvalue weighted by molar-refractivity contribution is 6.12. The molecule has 0 atom stereocenters. The van der Waals surface area contributed by atoms with Gasteiger partial charge >= 0.3 is 0 Å². The summed E-state index contributed by atoms with van der Waals surface area (Å²) in [6, 6.07) is 69.3. The van der Waals surface area contributed by atoms with Crippen molar-refractivity contribution in [1.82, 2.24) is 0 Å². The van der Waals surface area contributed by atoms with Crippen molar-refractivity contribution in [2.75, 3.05) is 4.90 Å². The topological polar surface area (TPSA) is 3.24 Å². The summed E-state index contributed by atoms with van der Waals surface area (Å²) in [5.41, 5.74) is 13.5. The quantitative estimate of drug-likeness (QED) is 0.177. The van der Waals surface area contributed by atoms with Crippen LogP contribution in [-0.4, -0.2) is 0 Å². The number of anilines is 3. The average Bonchev–Trinajstić information content (AvgIpc) is 3.43. The molecule has 0 amide bonds. The first kappa shape index (κ1) is 30.4. The lowest BCUT2D eigenvalue weighted by molar-refractivity contribution is 0.661. The third-order valence-corrected chi connectivity index (χ3v) is 11.2. The molecule has 9 aromatic rings. The van der Waals surface area contributed by atoms with Crippen molar-refractivity contribution in [3.05, 3.63) is 199 Å². The molecule has 0 N–H and O–H groups in total. The molecule has 0 aromatic heterocycles. The molecule has 0 radical (unpaired) electrons. The Hall–Kier alpha value is -6.44. The van der Waals surface area contributed by atoms with E-state index in [0.717, 1.165) is 11.4 Å². The smallest absolute Gasteiger partial charge is 0.0546 e. The monoisotopic (exact) mass is 663 g/mol. The summed E-state index contributed by atoms with van der Waals surface area (Å²) in [6.07, 6.45) is 0. The molecule has 1 nitrogen and oxygen atoms in total. The van der Waals surface area contributed by atoms with Gasteiger partial charge in [0.1, 0.15) is 0 Å². The highest BCUT2D eigenvalue weighted by atomic mass is 15.1. The molecule has 0 unspecified atom stereocenters. The van der Waals surface area contributed by atoms with Crippen molar-refractivity contribution in [3.8, 4) is 33.4 Å². The van der Waals surface area contributed by atoms with Crippen LogP contribution in [0, 0.1) is 0 Å². The van der Waals surface area contributed by atoms with E-state index in [9.17, 15) is 0 Å². The fraction of sp³-hybridized carbons (Fsp3) is 0.0588. The maximum Gasteiger partial charge on any atom is 0.0546 e. The second-order valence-electron chi connectivity index (χ2n) is 14.5. The van der Waals surface area contributed by atoms with Gasteiger partial charge in [-0.2, -0.15) is 0 Å². The minimum absolute atomic E-state index is 0.157. The predicted molar refractivity (Wildman–Crippen MR) is 222 cm³/mol. The molecular weight excluding hydrogens is 627 g/mol. The molecule has 246 valence electrons. The second-order valence-corrected chi connectivity index (χ2v) is 14.5. The molecular formula is C51H37N. The summed E-state index contributed by atoms with van der Waals surface area (Å²) in [5.74, 6) is 0. The van der Waals surface area contributed by atoms with Gasteiger partial charge in [-0.1, -0.05) is 166 Å². The third-order valence-electron chi connectivity index (χ3n) is 11.2. The van der Waals surface area contributed by atoms with Crippen LogP contribution < -0.4 is 4.90 Å². The largest absolute Gasteiger partial charge is 0.309 e. The predicted octanol–water partition coefficient (Wildman–Crippen LogP) is 14.3. The normalized spacial score (nSPS) is 13.0. The van der Waals surface area contributed by atoms with Crippen LogP contribution in [0.5, 0.6) is 0 Å². The summed E-state index contributed by atoms with van der Waals surface area (Å²) >= 11 is 0. The molecule has 0 fully saturated rings. The molecule has 0 heterocycles. The molecule has 0 saturated heterocycles. The van der Waals surface area contributed by atoms with Gasteiger partial charge in [0.15, 0.2) is 0 Å². The van der Waals surface area contributed by atoms with Gasteiger partial charge in [-0.25, -0.2) is 0 Å². The second kappa shape index (κ2) is 11.8. The Kier molecular flexibility index (Phi) is 6.91. The first-order valence-corrected chi connectivity index (χ1v) is 18.2. The zero-order valence-electron chi connectivity index (χ0n) is 29.3. The van der Waals surface area contributed by atoms with Crippen LogP contribution in [0.2, 0.25) is 0 Å². The van der Waals surface area contributed by atoms with E-state index in [4.69, 9.17) is 0 Å². The fourth-order valence-electron chi connectivity index (χ4n) is 8.65. The first-order chi connectivity index (χ1) is 25.6. The summed E-state index contributed by atoms with van der Waals surface area (Å²) in [4.78, 5) is 2.53. The highest BCUT2D eigenvalue weighted by Gasteiger charge is 2.38. The number of nitrogens with zero attached hydrogens (tertiary/aromatic N) is 1. The number of fused-ring (bicyclic) bond motifs is 6. The van der Waals surface area contributed by atoms with Gasteiger partial charge in [-0.3, -0.25) is 0 Å². The minimum atomic E-state index is -0.157. The van der Waals surface area contributed by atoms with Crippen LogP contribution in [0.1, 0.15) is 25.0 Å². The van der Waals surface area contributed by atoms with Crippen LogP contribution in [0.4, 0.5) is 17.1 Å². The fourth-order valence-corrected chi connectivity index (χ4v) is 8.65. The molecule has 0 spiro atoms. The Morgan fingerprint density at radius 1 is 0.365 bits per heavy atom. The minimum Gasteiger partial charge on any atom is -0.309 e. The summed E-state index contributed by atoms with van der Waals surface area (Å²) in [7, 11) is 0. The van der Waals surface area contributed by atoms with E-state index < -0.39 is 0 Å². The van der Waals surface area contributed by atoms with Gasteiger partial charge < -0.3 is 4.90 Å². The average molecular weight is 664 g/mol. The van der Waals surface area contributed by atoms with Gasteiger partial charge in [-0.15, -0.1) is 0 Å². The number of rotatable bonds is 5. The Labute approximate surface area is 305 Å². The SMILES string of the molecule is CC1(C)c2cc3ccccc3cc2-c2c(N(c3ccc(-c4ccccc4)cc3)c3ccc4ccccc4c3-c3cccc4ccccc34)cccc21. The van der Waals surface area contributed by atoms with E-state index in [1.165, 1.54) is 82.5 Å². The van der Waals surface area contributed by atoms with E-state index in [2.05, 4.69) is 207 Å². The van der Waals surface area contributed by atoms with E-state index in [1.54, 1.807) is 0 Å². The van der Waals surface area contributed by atoms with Crippen molar-refractivity contribution in [2.24, 2.45) is 0 Å². The van der Waals surface area contributed by atoms with Crippen LogP contribution in [-0.2, 0) is 5.41 Å². The maximum atomic E-state index is 2.53. The van der Waals surface area contributed by atoms with Gasteiger partial charge in [0.25, 0.3) is 0 Å². The molecule has 10 rings (SSSR count). The summed E-state index contributed by atoms with van der Waals surface area (Å²) in [5, 5.41) is 7.50. The Bertz CT molecular complexity index is 2800. The molecule has 9 aromatic carbocycles. The van der Waals surface area contributed by atoms with E-state index in [-0.39, 0.29) is 5.41 Å². The summed E-state index contributed by atoms with van der Waals surface area (Å²) in [6.45, 7) is 4.76. The molecule has 1 heteroatoms. The van der Waals surface area contributed by atoms with Gasteiger partial charge in [-0.05, 0) is 102 Å². The molecule has 1 aliphatic carbocycles. The van der Waals surface area contributed by atoms with Crippen LogP contribution in [0.3, 0.4) is 0 Å². The van der Waals surface area contributed by atoms with Crippen molar-refractivity contribution >= 4 is 49.4 Å². The van der Waals surface area contributed by atoms with Crippen molar-refractivity contribution < 1.29 is 0 Å². The van der Waals surface area contributed by atoms with E-state index in [1.807, 2.05) is 0 Å². The van der Waals surface area contributed by atoms with Crippen molar-refractivity contribution in [1.29, 1.82) is 0 Å². The van der Waals surface area contributed by atoms with Crippen LogP contribution in [0.25, 0.3) is 65.7 Å². The van der Waals surface area contributed by atoms with E-state index in [0.29, 0.717) is 0 Å². The Morgan fingerprint density at radius 2 is 0.942 bits per heavy atom. The zero-order chi connectivity index (χ0) is 34.8. The molecule has 0 aliphatic heterocycles. The Balaban J connectivity index is 1.30. The Morgan fingerprint density at radius 3 is 1.71 bits per heavy atom. The van der Waals surface area contributed by atoms with Crippen molar-refractivity contribution in [3.63, 3.8) is 0 Å². The van der Waals surface area contributed by atoms with Gasteiger partial charge in [0, 0.05) is 22.2 Å². The van der Waals surface area contributed by atoms with Crippen LogP contribution in [0.15, 0.2) is 188 Å². The van der Waals surface area contributed by atoms with Gasteiger partial charge in [0.2, 0.25) is 0 Å². The molecule has 52 heavy (non-hydrogen) atoms. The van der Waals surface area contributed by atoms with Crippen LogP contribution >= 0.6 is 0 Å². The lowest BCUT2D eigenvalue weighted by Gasteiger charge is -2.31. The first-order valence-electron chi connectivity index (χ1n) is 18.2. The number of hydrogen-bond donors (Lipinski definition) is 0. The number of hydrogen-bond acceptors (Lipinski definition) is 1. The maximum absolute atomic E-state index is 2.53. The van der Waals surface area contributed by atoms with Gasteiger partial charge in [0.05, 0.1) is 11.4 Å². The standard InChI is InChI=1S/C51H37N/c1-51(2)45-24-13-25-47(50(45)44-32-38-18-6-7-19-39(38)33-46(44)51)52(40-29-26-35(27-30-40)34-14-4-3-5-15-34)48-31-28-37-17-9-11-22-42(37)49(48)43-23-12-20-36-16-8-10-21-41(36)43/h3-33H,1-2H3. The molecule has 1 aliphatic rings. The van der Waals surface area contributed by atoms with Crippen molar-refractivity contribution in [2.45, 2.75) is 19.3 Å². The lowest BCUT2D eigenvalue weighted by Crippen LogP contribution is -2.16. The molecule has 0 bridgehead atoms. The highest BCUT2D eigenvalue weighted by Crippen LogP contribution is 2.56. The van der Waals surface area contributed by atoms with E-state index >= 15 is 0 Å². The molecule has 0 saturated carbocycles. The zero-order valence-corrected chi connectivity index (χ0v) is 29.3. The summed E-state index contributed by atoms with van der Waals surface area (Å²) < 4.78 is 0. The third kappa shape index (κ3) is 4.70.